The zero-order chi connectivity index (χ0) is 11.4. The lowest BCUT2D eigenvalue weighted by Gasteiger charge is -2.40. The molecule has 1 heterocycles. The molecule has 0 N–H and O–H groups in total. The van der Waals surface area contributed by atoms with Gasteiger partial charge in [0.25, 0.3) is 0 Å². The van der Waals surface area contributed by atoms with Crippen molar-refractivity contribution in [1.82, 2.24) is 4.90 Å². The monoisotopic (exact) mass is 219 g/mol. The third-order valence-corrected chi connectivity index (χ3v) is 3.29. The Bertz CT molecular complexity index is 325. The molecular formula is C14H21NO. The maximum atomic E-state index is 6.13. The first-order valence-electron chi connectivity index (χ1n) is 6.18. The predicted molar refractivity (Wildman–Crippen MR) is 66.8 cm³/mol. The van der Waals surface area contributed by atoms with Crippen molar-refractivity contribution in [2.45, 2.75) is 32.3 Å². The number of nitrogens with zero attached hydrogens (tertiary/aromatic N) is 1. The molecule has 0 aliphatic carbocycles. The Labute approximate surface area is 98.2 Å². The largest absolute Gasteiger partial charge is 0.486 e. The highest BCUT2D eigenvalue weighted by molar-refractivity contribution is 5.22. The summed E-state index contributed by atoms with van der Waals surface area (Å²) in [4.78, 5) is 2.46. The number of hydrogen-bond acceptors (Lipinski definition) is 2. The fraction of sp³-hybridized carbons (Fsp3) is 0.571. The second-order valence-corrected chi connectivity index (χ2v) is 4.84. The molecule has 2 nitrogen and oxygen atoms in total. The number of para-hydroxylation sites is 1. The second kappa shape index (κ2) is 4.88. The molecule has 1 fully saturated rings. The van der Waals surface area contributed by atoms with E-state index in [-0.39, 0.29) is 5.60 Å². The Morgan fingerprint density at radius 1 is 1.31 bits per heavy atom. The molecule has 1 aromatic carbocycles. The summed E-state index contributed by atoms with van der Waals surface area (Å²) in [6.07, 6.45) is 2.38. The van der Waals surface area contributed by atoms with E-state index in [1.54, 1.807) is 0 Å². The third-order valence-electron chi connectivity index (χ3n) is 3.29. The molecule has 1 aliphatic heterocycles. The summed E-state index contributed by atoms with van der Waals surface area (Å²) in [6, 6.07) is 10.2. The average molecular weight is 219 g/mol. The van der Waals surface area contributed by atoms with Gasteiger partial charge < -0.3 is 4.74 Å². The molecule has 0 saturated carbocycles. The molecule has 1 saturated heterocycles. The molecule has 1 aromatic rings. The van der Waals surface area contributed by atoms with Crippen LogP contribution in [0, 0.1) is 0 Å². The SMILES string of the molecule is CCN1CCCC(C)(Oc2ccccc2)C1. The van der Waals surface area contributed by atoms with Crippen LogP contribution in [0.4, 0.5) is 0 Å². The zero-order valence-corrected chi connectivity index (χ0v) is 10.3. The van der Waals surface area contributed by atoms with Crippen LogP contribution in [0.3, 0.4) is 0 Å². The van der Waals surface area contributed by atoms with E-state index >= 15 is 0 Å². The van der Waals surface area contributed by atoms with E-state index in [1.807, 2.05) is 30.3 Å². The summed E-state index contributed by atoms with van der Waals surface area (Å²) in [5.41, 5.74) is -0.0182. The van der Waals surface area contributed by atoms with Crippen molar-refractivity contribution < 1.29 is 4.74 Å². The predicted octanol–water partition coefficient (Wildman–Crippen LogP) is 2.94. The lowest BCUT2D eigenvalue weighted by molar-refractivity contribution is 0.00788. The van der Waals surface area contributed by atoms with Gasteiger partial charge in [0.1, 0.15) is 11.4 Å². The lowest BCUT2D eigenvalue weighted by Crippen LogP contribution is -2.49. The summed E-state index contributed by atoms with van der Waals surface area (Å²) >= 11 is 0. The van der Waals surface area contributed by atoms with E-state index in [2.05, 4.69) is 18.7 Å². The van der Waals surface area contributed by atoms with Crippen LogP contribution in [0.15, 0.2) is 30.3 Å². The van der Waals surface area contributed by atoms with Gasteiger partial charge in [-0.2, -0.15) is 0 Å². The smallest absolute Gasteiger partial charge is 0.120 e. The summed E-state index contributed by atoms with van der Waals surface area (Å²) < 4.78 is 6.13. The maximum Gasteiger partial charge on any atom is 0.120 e. The molecule has 1 unspecified atom stereocenters. The summed E-state index contributed by atoms with van der Waals surface area (Å²) in [5.74, 6) is 0.989. The van der Waals surface area contributed by atoms with E-state index in [9.17, 15) is 0 Å². The van der Waals surface area contributed by atoms with Crippen LogP contribution in [0.2, 0.25) is 0 Å². The van der Waals surface area contributed by atoms with Crippen LogP contribution in [-0.2, 0) is 0 Å². The van der Waals surface area contributed by atoms with Gasteiger partial charge in [-0.1, -0.05) is 25.1 Å². The van der Waals surface area contributed by atoms with Crippen molar-refractivity contribution in [2.24, 2.45) is 0 Å². The van der Waals surface area contributed by atoms with Crippen molar-refractivity contribution in [3.05, 3.63) is 30.3 Å². The van der Waals surface area contributed by atoms with Gasteiger partial charge in [-0.25, -0.2) is 0 Å². The first kappa shape index (κ1) is 11.5. The Kier molecular flexibility index (Phi) is 3.49. The standard InChI is InChI=1S/C14H21NO/c1-3-15-11-7-10-14(2,12-15)16-13-8-5-4-6-9-13/h4-6,8-9H,3,7,10-12H2,1-2H3. The minimum absolute atomic E-state index is 0.0182. The summed E-state index contributed by atoms with van der Waals surface area (Å²) in [7, 11) is 0. The van der Waals surface area contributed by atoms with E-state index < -0.39 is 0 Å². The number of rotatable bonds is 3. The Morgan fingerprint density at radius 3 is 2.75 bits per heavy atom. The molecule has 0 spiro atoms. The summed E-state index contributed by atoms with van der Waals surface area (Å²) in [6.45, 7) is 7.81. The Balaban J connectivity index is 2.02. The van der Waals surface area contributed by atoms with Gasteiger partial charge in [0, 0.05) is 6.54 Å². The second-order valence-electron chi connectivity index (χ2n) is 4.84. The van der Waals surface area contributed by atoms with E-state index in [0.29, 0.717) is 0 Å². The van der Waals surface area contributed by atoms with Crippen molar-refractivity contribution >= 4 is 0 Å². The number of benzene rings is 1. The fourth-order valence-corrected chi connectivity index (χ4v) is 2.43. The number of ether oxygens (including phenoxy) is 1. The van der Waals surface area contributed by atoms with E-state index in [0.717, 1.165) is 25.3 Å². The van der Waals surface area contributed by atoms with Crippen molar-refractivity contribution in [1.29, 1.82) is 0 Å². The highest BCUT2D eigenvalue weighted by Crippen LogP contribution is 2.26. The molecular weight excluding hydrogens is 198 g/mol. The fourth-order valence-electron chi connectivity index (χ4n) is 2.43. The van der Waals surface area contributed by atoms with Crippen molar-refractivity contribution in [2.75, 3.05) is 19.6 Å². The normalized spacial score (nSPS) is 26.6. The van der Waals surface area contributed by atoms with Crippen molar-refractivity contribution in [3.63, 3.8) is 0 Å². The number of likely N-dealkylation sites (N-methyl/N-ethyl adjacent to an activating group) is 1. The minimum atomic E-state index is -0.0182. The molecule has 0 bridgehead atoms. The van der Waals surface area contributed by atoms with Crippen LogP contribution >= 0.6 is 0 Å². The Hall–Kier alpha value is -1.02. The van der Waals surface area contributed by atoms with Gasteiger partial charge >= 0.3 is 0 Å². The highest BCUT2D eigenvalue weighted by Gasteiger charge is 2.32. The van der Waals surface area contributed by atoms with Gasteiger partial charge in [0.15, 0.2) is 0 Å². The van der Waals surface area contributed by atoms with Crippen molar-refractivity contribution in [3.8, 4) is 5.75 Å². The number of likely N-dealkylation sites (tertiary alicyclic amines) is 1. The molecule has 0 radical (unpaired) electrons. The van der Waals surface area contributed by atoms with E-state index in [1.165, 1.54) is 13.0 Å². The molecule has 16 heavy (non-hydrogen) atoms. The van der Waals surface area contributed by atoms with Gasteiger partial charge in [-0.3, -0.25) is 4.90 Å². The van der Waals surface area contributed by atoms with Crippen LogP contribution < -0.4 is 4.74 Å². The first-order valence-corrected chi connectivity index (χ1v) is 6.18. The number of piperidine rings is 1. The lowest BCUT2D eigenvalue weighted by atomic mass is 9.94. The molecule has 88 valence electrons. The minimum Gasteiger partial charge on any atom is -0.486 e. The average Bonchev–Trinajstić information content (AvgIpc) is 2.29. The third kappa shape index (κ3) is 2.76. The molecule has 1 atom stereocenters. The van der Waals surface area contributed by atoms with Gasteiger partial charge in [0.05, 0.1) is 0 Å². The molecule has 2 heteroatoms. The van der Waals surface area contributed by atoms with Gasteiger partial charge in [-0.15, -0.1) is 0 Å². The number of hydrogen-bond donors (Lipinski definition) is 0. The zero-order valence-electron chi connectivity index (χ0n) is 10.3. The van der Waals surface area contributed by atoms with Gasteiger partial charge in [0.2, 0.25) is 0 Å². The van der Waals surface area contributed by atoms with Crippen LogP contribution in [-0.4, -0.2) is 30.1 Å². The van der Waals surface area contributed by atoms with Crippen LogP contribution in [0.25, 0.3) is 0 Å². The first-order chi connectivity index (χ1) is 7.72. The Morgan fingerprint density at radius 2 is 2.06 bits per heavy atom. The van der Waals surface area contributed by atoms with Crippen LogP contribution in [0.1, 0.15) is 26.7 Å². The molecule has 0 aromatic heterocycles. The molecule has 1 aliphatic rings. The van der Waals surface area contributed by atoms with E-state index in [4.69, 9.17) is 4.74 Å². The van der Waals surface area contributed by atoms with Crippen LogP contribution in [0.5, 0.6) is 5.75 Å². The highest BCUT2D eigenvalue weighted by atomic mass is 16.5. The maximum absolute atomic E-state index is 6.13. The molecule has 2 rings (SSSR count). The summed E-state index contributed by atoms with van der Waals surface area (Å²) in [5, 5.41) is 0. The molecule has 0 amide bonds. The quantitative estimate of drug-likeness (QED) is 0.775. The topological polar surface area (TPSA) is 12.5 Å². The van der Waals surface area contributed by atoms with Gasteiger partial charge in [-0.05, 0) is 45.0 Å².